The first-order valence-electron chi connectivity index (χ1n) is 20.7. The van der Waals surface area contributed by atoms with E-state index in [0.29, 0.717) is 19.4 Å². The Morgan fingerprint density at radius 3 is 1.34 bits per heavy atom. The van der Waals surface area contributed by atoms with Crippen LogP contribution in [0.4, 0.5) is 4.79 Å². The third-order valence-corrected chi connectivity index (χ3v) is 9.89. The summed E-state index contributed by atoms with van der Waals surface area (Å²) in [7, 11) is 0. The molecule has 4 atom stereocenters. The van der Waals surface area contributed by atoms with Crippen LogP contribution in [0.25, 0.3) is 0 Å². The number of unbranched alkanes of at least 4 members (excludes halogenated alkanes) is 22. The fourth-order valence-electron chi connectivity index (χ4n) is 6.48. The number of primary amides is 2. The molecule has 0 fully saturated rings. The molecule has 0 aliphatic rings. The number of carboxylic acids is 1. The molecule has 10 N–H and O–H groups in total. The van der Waals surface area contributed by atoms with Crippen molar-refractivity contribution in [3.63, 3.8) is 0 Å². The fraction of sp³-hybridized carbons (Fsp3) is 0.925. The van der Waals surface area contributed by atoms with Gasteiger partial charge in [-0.2, -0.15) is 0 Å². The molecule has 2 unspecified atom stereocenters. The average Bonchev–Trinajstić information content (AvgIpc) is 3.07. The van der Waals surface area contributed by atoms with Gasteiger partial charge >= 0.3 is 12.1 Å². The summed E-state index contributed by atoms with van der Waals surface area (Å²) in [5.41, 5.74) is 19.8. The number of ether oxygens (including phenoxy) is 1. The lowest BCUT2D eigenvalue weighted by molar-refractivity contribution is -0.143. The van der Waals surface area contributed by atoms with E-state index in [-0.39, 0.29) is 5.92 Å². The van der Waals surface area contributed by atoms with Gasteiger partial charge in [0, 0.05) is 12.3 Å². The summed E-state index contributed by atoms with van der Waals surface area (Å²) in [4.78, 5) is 33.9. The maximum absolute atomic E-state index is 12.0. The maximum atomic E-state index is 12.0. The molecule has 0 spiro atoms. The third-order valence-electron chi connectivity index (χ3n) is 9.89. The van der Waals surface area contributed by atoms with Gasteiger partial charge in [0.05, 0.1) is 6.04 Å². The van der Waals surface area contributed by atoms with Crippen LogP contribution in [0.1, 0.15) is 207 Å². The Morgan fingerprint density at radius 2 is 1.00 bits per heavy atom. The number of rotatable bonds is 35. The topological polar surface area (TPSA) is 197 Å². The van der Waals surface area contributed by atoms with Crippen molar-refractivity contribution < 1.29 is 24.2 Å². The lowest BCUT2D eigenvalue weighted by atomic mass is 9.86. The van der Waals surface area contributed by atoms with Crippen LogP contribution in [-0.2, 0) is 14.3 Å². The van der Waals surface area contributed by atoms with Crippen LogP contribution in [0.2, 0.25) is 0 Å². The van der Waals surface area contributed by atoms with Gasteiger partial charge in [-0.25, -0.2) is 4.79 Å². The molecule has 0 radical (unpaired) electrons. The van der Waals surface area contributed by atoms with E-state index in [4.69, 9.17) is 27.7 Å². The molecule has 0 aliphatic heterocycles. The molecule has 50 heavy (non-hydrogen) atoms. The second-order valence-corrected chi connectivity index (χ2v) is 14.7. The Bertz CT molecular complexity index is 802. The lowest BCUT2D eigenvalue weighted by Gasteiger charge is -2.40. The van der Waals surface area contributed by atoms with Gasteiger partial charge in [0.2, 0.25) is 5.91 Å². The molecule has 298 valence electrons. The van der Waals surface area contributed by atoms with E-state index in [1.807, 2.05) is 0 Å². The Labute approximate surface area is 307 Å². The minimum atomic E-state index is -1.04. The molecule has 0 aromatic heterocycles. The van der Waals surface area contributed by atoms with Crippen LogP contribution < -0.4 is 28.3 Å². The smallest absolute Gasteiger partial charge is 0.406 e. The lowest BCUT2D eigenvalue weighted by Crippen LogP contribution is -2.59. The average molecular weight is 714 g/mol. The van der Waals surface area contributed by atoms with Crippen molar-refractivity contribution >= 4 is 18.0 Å². The molecule has 0 aromatic carbocycles. The van der Waals surface area contributed by atoms with E-state index < -0.39 is 35.8 Å². The predicted octanol–water partition coefficient (Wildman–Crippen LogP) is 9.20. The van der Waals surface area contributed by atoms with Crippen molar-refractivity contribution in [2.75, 3.05) is 6.54 Å². The highest BCUT2D eigenvalue weighted by atomic mass is 16.6. The van der Waals surface area contributed by atoms with Crippen molar-refractivity contribution in [3.05, 3.63) is 0 Å². The minimum absolute atomic E-state index is 0.0207. The number of carboxylic acid groups (broad SMARTS) is 1. The molecular formula is C40H83N5O5. The van der Waals surface area contributed by atoms with Gasteiger partial charge in [-0.3, -0.25) is 14.9 Å². The van der Waals surface area contributed by atoms with E-state index in [1.54, 1.807) is 6.92 Å². The molecule has 10 heteroatoms. The minimum Gasteiger partial charge on any atom is -0.480 e. The van der Waals surface area contributed by atoms with E-state index in [2.05, 4.69) is 26.1 Å². The molecule has 2 amide bonds. The summed E-state index contributed by atoms with van der Waals surface area (Å²) < 4.78 is 5.74. The standard InChI is InChI=1S/C35H70N2O4.C5H13N3O/c1-5-7-9-11-13-15-17-19-21-23-25-27-29-31(3)35(41-34(36)40,37-32(4)33(38)39)30-28-26-24-22-20-18-16-14-12-10-8-6-2;6-3-1-2-4(7)5(8)9/h31-32,37H,5-30H2,1-4H3,(H2,36,40)(H,38,39);4H,1-3,6-7H2,(H2,8,9)/t31?,32-,35?;4-/m00/s1. The van der Waals surface area contributed by atoms with Crippen molar-refractivity contribution in [3.8, 4) is 0 Å². The van der Waals surface area contributed by atoms with E-state index in [9.17, 15) is 19.5 Å². The highest BCUT2D eigenvalue weighted by molar-refractivity contribution is 5.79. The number of nitrogens with one attached hydrogen (secondary N) is 1. The first-order valence-corrected chi connectivity index (χ1v) is 20.7. The van der Waals surface area contributed by atoms with Crippen LogP contribution in [0.15, 0.2) is 0 Å². The van der Waals surface area contributed by atoms with Gasteiger partial charge in [-0.1, -0.05) is 168 Å². The van der Waals surface area contributed by atoms with Crippen LogP contribution >= 0.6 is 0 Å². The van der Waals surface area contributed by atoms with Gasteiger partial charge in [-0.05, 0) is 39.2 Å². The zero-order valence-corrected chi connectivity index (χ0v) is 33.1. The first kappa shape index (κ1) is 50.2. The number of amides is 2. The molecule has 10 nitrogen and oxygen atoms in total. The summed E-state index contributed by atoms with van der Waals surface area (Å²) in [6, 6.07) is -1.34. The summed E-state index contributed by atoms with van der Waals surface area (Å²) in [6.45, 7) is 8.76. The van der Waals surface area contributed by atoms with Crippen LogP contribution in [0.5, 0.6) is 0 Å². The SMILES string of the molecule is CCCCCCCCCCCCCCC(C)C(CCCCCCCCCCCCCC)(N[C@@H](C)C(=O)O)OC(N)=O.NCCC[C@H](N)C(N)=O. The van der Waals surface area contributed by atoms with E-state index in [0.717, 1.165) is 44.9 Å². The van der Waals surface area contributed by atoms with Gasteiger partial charge in [0.25, 0.3) is 0 Å². The second kappa shape index (κ2) is 35.5. The molecule has 0 aliphatic carbocycles. The molecule has 0 bridgehead atoms. The number of carbonyl (C=O) groups excluding carboxylic acids is 2. The number of aliphatic carboxylic acids is 1. The molecule has 0 aromatic rings. The molecule has 0 rings (SSSR count). The summed E-state index contributed by atoms with van der Waals surface area (Å²) in [6.07, 6.45) is 32.5. The fourth-order valence-corrected chi connectivity index (χ4v) is 6.48. The highest BCUT2D eigenvalue weighted by Crippen LogP contribution is 2.31. The Morgan fingerprint density at radius 1 is 0.620 bits per heavy atom. The third kappa shape index (κ3) is 30.9. The van der Waals surface area contributed by atoms with Crippen molar-refractivity contribution in [1.29, 1.82) is 0 Å². The zero-order valence-electron chi connectivity index (χ0n) is 33.1. The summed E-state index contributed by atoms with van der Waals surface area (Å²) in [5, 5.41) is 12.8. The quantitative estimate of drug-likeness (QED) is 0.0276. The molecular weight excluding hydrogens is 630 g/mol. The number of carbonyl (C=O) groups is 3. The zero-order chi connectivity index (χ0) is 37.9. The number of nitrogens with two attached hydrogens (primary N) is 4. The normalized spacial score (nSPS) is 14.2. The summed E-state index contributed by atoms with van der Waals surface area (Å²) in [5.74, 6) is -1.43. The Balaban J connectivity index is 0. The first-order chi connectivity index (χ1) is 24.0. The molecule has 0 heterocycles. The Kier molecular flexibility index (Phi) is 35.6. The van der Waals surface area contributed by atoms with Gasteiger partial charge in [-0.15, -0.1) is 0 Å². The number of hydrogen-bond acceptors (Lipinski definition) is 7. The maximum Gasteiger partial charge on any atom is 0.406 e. The number of hydrogen-bond donors (Lipinski definition) is 6. The van der Waals surface area contributed by atoms with Crippen LogP contribution in [0.3, 0.4) is 0 Å². The van der Waals surface area contributed by atoms with Gasteiger partial charge in [0.15, 0.2) is 5.72 Å². The van der Waals surface area contributed by atoms with Crippen molar-refractivity contribution in [2.45, 2.75) is 225 Å². The highest BCUT2D eigenvalue weighted by Gasteiger charge is 2.41. The van der Waals surface area contributed by atoms with E-state index in [1.165, 1.54) is 122 Å². The second-order valence-electron chi connectivity index (χ2n) is 14.7. The van der Waals surface area contributed by atoms with Crippen molar-refractivity contribution in [2.24, 2.45) is 28.9 Å². The molecule has 0 saturated carbocycles. The summed E-state index contributed by atoms with van der Waals surface area (Å²) >= 11 is 0. The largest absolute Gasteiger partial charge is 0.480 e. The van der Waals surface area contributed by atoms with Crippen molar-refractivity contribution in [1.82, 2.24) is 5.32 Å². The van der Waals surface area contributed by atoms with Crippen LogP contribution in [0, 0.1) is 5.92 Å². The van der Waals surface area contributed by atoms with Gasteiger partial charge < -0.3 is 32.8 Å². The predicted molar refractivity (Wildman–Crippen MR) is 210 cm³/mol. The van der Waals surface area contributed by atoms with Gasteiger partial charge in [0.1, 0.15) is 6.04 Å². The monoisotopic (exact) mass is 714 g/mol. The Hall–Kier alpha value is -1.91. The van der Waals surface area contributed by atoms with Crippen LogP contribution in [-0.4, -0.2) is 47.4 Å². The molecule has 0 saturated heterocycles. The van der Waals surface area contributed by atoms with E-state index >= 15 is 0 Å².